The minimum Gasteiger partial charge on any atom is -0.494 e. The number of anilines is 1. The van der Waals surface area contributed by atoms with E-state index in [1.165, 1.54) is 0 Å². The van der Waals surface area contributed by atoms with E-state index in [1.54, 1.807) is 0 Å². The third-order valence-corrected chi connectivity index (χ3v) is 6.82. The van der Waals surface area contributed by atoms with Crippen LogP contribution in [0.4, 0.5) is 5.69 Å². The summed E-state index contributed by atoms with van der Waals surface area (Å²) in [5, 5.41) is 5.01. The summed E-state index contributed by atoms with van der Waals surface area (Å²) in [5.41, 5.74) is 4.67. The van der Waals surface area contributed by atoms with E-state index in [9.17, 15) is 4.79 Å². The van der Waals surface area contributed by atoms with Crippen LogP contribution in [0.25, 0.3) is 10.9 Å². The molecule has 36 heavy (non-hydrogen) atoms. The van der Waals surface area contributed by atoms with Crippen molar-refractivity contribution >= 4 is 33.9 Å². The third kappa shape index (κ3) is 6.84. The summed E-state index contributed by atoms with van der Waals surface area (Å²) in [6.45, 7) is 12.3. The molecule has 2 heterocycles. The molecule has 3 aromatic rings. The number of rotatable bonds is 9. The fourth-order valence-electron chi connectivity index (χ4n) is 4.61. The first-order chi connectivity index (χ1) is 17.4. The number of nitrogens with zero attached hydrogens (tertiary/aromatic N) is 2. The number of benzene rings is 2. The number of H-pyrrole nitrogens is 1. The largest absolute Gasteiger partial charge is 0.494 e. The van der Waals surface area contributed by atoms with Crippen LogP contribution in [0.5, 0.6) is 5.75 Å². The average molecular weight is 509 g/mol. The molecule has 0 atom stereocenters. The molecule has 1 fully saturated rings. The first-order valence-electron chi connectivity index (χ1n) is 12.6. The molecular formula is C28H36N4O3S. The molecule has 1 aliphatic heterocycles. The maximum Gasteiger partial charge on any atom is 0.253 e. The van der Waals surface area contributed by atoms with Gasteiger partial charge < -0.3 is 24.7 Å². The fraction of sp³-hybridized carbons (Fsp3) is 0.429. The quantitative estimate of drug-likeness (QED) is 0.414. The van der Waals surface area contributed by atoms with E-state index in [-0.39, 0.29) is 5.56 Å². The van der Waals surface area contributed by atoms with Crippen LogP contribution in [0.3, 0.4) is 0 Å². The molecule has 1 aromatic heterocycles. The lowest BCUT2D eigenvalue weighted by molar-refractivity contribution is 0.0367. The first-order valence-corrected chi connectivity index (χ1v) is 13.1. The number of morpholine rings is 1. The summed E-state index contributed by atoms with van der Waals surface area (Å²) in [6, 6.07) is 13.9. The summed E-state index contributed by atoms with van der Waals surface area (Å²) >= 11 is 5.83. The van der Waals surface area contributed by atoms with Gasteiger partial charge in [-0.1, -0.05) is 6.07 Å². The van der Waals surface area contributed by atoms with Crippen LogP contribution in [-0.4, -0.2) is 65.9 Å². The van der Waals surface area contributed by atoms with Crippen LogP contribution in [0, 0.1) is 13.8 Å². The number of ether oxygens (including phenoxy) is 2. The standard InChI is InChI=1S/C28H36N4O3S/c1-4-35-24-8-6-23(7-9-24)29-28(36)32(11-5-10-31-12-14-34-15-13-31)19-22-18-25-21(3)16-20(2)17-26(25)30-27(22)33/h6-9,16-18H,4-5,10-15,19H2,1-3H3,(H,29,36)(H,30,33). The van der Waals surface area contributed by atoms with Crippen molar-refractivity contribution in [1.29, 1.82) is 0 Å². The molecule has 0 radical (unpaired) electrons. The zero-order chi connectivity index (χ0) is 25.5. The zero-order valence-electron chi connectivity index (χ0n) is 21.4. The second kappa shape index (κ2) is 12.3. The summed E-state index contributed by atoms with van der Waals surface area (Å²) in [7, 11) is 0. The lowest BCUT2D eigenvalue weighted by Crippen LogP contribution is -2.40. The number of aryl methyl sites for hydroxylation is 2. The van der Waals surface area contributed by atoms with E-state index in [1.807, 2.05) is 50.2 Å². The smallest absolute Gasteiger partial charge is 0.253 e. The second-order valence-electron chi connectivity index (χ2n) is 9.28. The van der Waals surface area contributed by atoms with Crippen molar-refractivity contribution in [2.24, 2.45) is 0 Å². The van der Waals surface area contributed by atoms with Gasteiger partial charge >= 0.3 is 0 Å². The minimum atomic E-state index is -0.0745. The number of thiocarbonyl (C=S) groups is 1. The average Bonchev–Trinajstić information content (AvgIpc) is 2.86. The van der Waals surface area contributed by atoms with Crippen molar-refractivity contribution in [2.45, 2.75) is 33.7 Å². The van der Waals surface area contributed by atoms with Gasteiger partial charge in [-0.25, -0.2) is 0 Å². The van der Waals surface area contributed by atoms with Crippen LogP contribution in [0.1, 0.15) is 30.0 Å². The van der Waals surface area contributed by atoms with Gasteiger partial charge in [-0.15, -0.1) is 0 Å². The molecule has 0 unspecified atom stereocenters. The summed E-state index contributed by atoms with van der Waals surface area (Å²) in [6.07, 6.45) is 0.939. The Labute approximate surface area is 218 Å². The molecule has 192 valence electrons. The number of aromatic nitrogens is 1. The van der Waals surface area contributed by atoms with Gasteiger partial charge in [-0.2, -0.15) is 0 Å². The highest BCUT2D eigenvalue weighted by Gasteiger charge is 2.16. The molecule has 4 rings (SSSR count). The highest BCUT2D eigenvalue weighted by atomic mass is 32.1. The van der Waals surface area contributed by atoms with Gasteiger partial charge in [0.05, 0.1) is 26.4 Å². The van der Waals surface area contributed by atoms with Crippen LogP contribution in [-0.2, 0) is 11.3 Å². The Hall–Kier alpha value is -2.94. The van der Waals surface area contributed by atoms with Gasteiger partial charge in [0, 0.05) is 48.3 Å². The van der Waals surface area contributed by atoms with Crippen molar-refractivity contribution in [3.8, 4) is 5.75 Å². The maximum absolute atomic E-state index is 13.0. The van der Waals surface area contributed by atoms with E-state index < -0.39 is 0 Å². The van der Waals surface area contributed by atoms with Crippen molar-refractivity contribution in [3.63, 3.8) is 0 Å². The molecule has 0 amide bonds. The molecule has 2 N–H and O–H groups in total. The predicted octanol–water partition coefficient (Wildman–Crippen LogP) is 4.46. The number of pyridine rings is 1. The van der Waals surface area contributed by atoms with Gasteiger partial charge in [-0.05, 0) is 86.9 Å². The van der Waals surface area contributed by atoms with Crippen LogP contribution < -0.4 is 15.6 Å². The van der Waals surface area contributed by atoms with Crippen molar-refractivity contribution in [2.75, 3.05) is 51.3 Å². The maximum atomic E-state index is 13.0. The number of fused-ring (bicyclic) bond motifs is 1. The van der Waals surface area contributed by atoms with Crippen molar-refractivity contribution < 1.29 is 9.47 Å². The summed E-state index contributed by atoms with van der Waals surface area (Å²) in [5.74, 6) is 0.824. The van der Waals surface area contributed by atoms with Gasteiger partial charge in [0.25, 0.3) is 5.56 Å². The highest BCUT2D eigenvalue weighted by molar-refractivity contribution is 7.80. The second-order valence-corrected chi connectivity index (χ2v) is 9.67. The first kappa shape index (κ1) is 26.1. The normalized spacial score (nSPS) is 14.1. The molecule has 0 saturated carbocycles. The summed E-state index contributed by atoms with van der Waals surface area (Å²) < 4.78 is 11.0. The third-order valence-electron chi connectivity index (χ3n) is 6.46. The Bertz CT molecular complexity index is 1240. The zero-order valence-corrected chi connectivity index (χ0v) is 22.2. The molecule has 7 nitrogen and oxygen atoms in total. The van der Waals surface area contributed by atoms with E-state index in [0.717, 1.165) is 79.3 Å². The fourth-order valence-corrected chi connectivity index (χ4v) is 4.88. The van der Waals surface area contributed by atoms with Crippen LogP contribution >= 0.6 is 12.2 Å². The number of hydrogen-bond donors (Lipinski definition) is 2. The van der Waals surface area contributed by atoms with Crippen LogP contribution in [0.2, 0.25) is 0 Å². The number of aromatic amines is 1. The Balaban J connectivity index is 1.52. The van der Waals surface area contributed by atoms with Crippen molar-refractivity contribution in [3.05, 3.63) is 69.5 Å². The van der Waals surface area contributed by atoms with Gasteiger partial charge in [0.15, 0.2) is 5.11 Å². The Kier molecular flexibility index (Phi) is 8.96. The van der Waals surface area contributed by atoms with Gasteiger partial charge in [-0.3, -0.25) is 9.69 Å². The minimum absolute atomic E-state index is 0.0745. The highest BCUT2D eigenvalue weighted by Crippen LogP contribution is 2.20. The SMILES string of the molecule is CCOc1ccc(NC(=S)N(CCCN2CCOCC2)Cc2cc3c(C)cc(C)cc3[nH]c2=O)cc1. The van der Waals surface area contributed by atoms with E-state index in [4.69, 9.17) is 21.7 Å². The lowest BCUT2D eigenvalue weighted by Gasteiger charge is -2.29. The van der Waals surface area contributed by atoms with Crippen LogP contribution in [0.15, 0.2) is 47.3 Å². The predicted molar refractivity (Wildman–Crippen MR) is 150 cm³/mol. The molecule has 8 heteroatoms. The summed E-state index contributed by atoms with van der Waals surface area (Å²) in [4.78, 5) is 20.6. The molecule has 0 bridgehead atoms. The van der Waals surface area contributed by atoms with E-state index >= 15 is 0 Å². The van der Waals surface area contributed by atoms with Gasteiger partial charge in [0.1, 0.15) is 5.75 Å². The molecule has 0 aliphatic carbocycles. The Morgan fingerprint density at radius 1 is 1.17 bits per heavy atom. The Morgan fingerprint density at radius 3 is 2.64 bits per heavy atom. The monoisotopic (exact) mass is 508 g/mol. The topological polar surface area (TPSA) is 69.8 Å². The molecule has 1 aliphatic rings. The van der Waals surface area contributed by atoms with E-state index in [2.05, 4.69) is 33.1 Å². The Morgan fingerprint density at radius 2 is 1.92 bits per heavy atom. The molecule has 2 aromatic carbocycles. The molecule has 0 spiro atoms. The van der Waals surface area contributed by atoms with Crippen molar-refractivity contribution in [1.82, 2.24) is 14.8 Å². The van der Waals surface area contributed by atoms with E-state index in [0.29, 0.717) is 23.8 Å². The molecule has 1 saturated heterocycles. The number of nitrogens with one attached hydrogen (secondary N) is 2. The lowest BCUT2D eigenvalue weighted by atomic mass is 10.0. The number of hydrogen-bond acceptors (Lipinski definition) is 5. The molecular weight excluding hydrogens is 472 g/mol. The van der Waals surface area contributed by atoms with Gasteiger partial charge in [0.2, 0.25) is 0 Å².